The van der Waals surface area contributed by atoms with Crippen LogP contribution in [0.1, 0.15) is 43.0 Å². The molecule has 1 aromatic rings. The van der Waals surface area contributed by atoms with Gasteiger partial charge < -0.3 is 10.6 Å². The van der Waals surface area contributed by atoms with Crippen molar-refractivity contribution in [2.75, 3.05) is 12.4 Å². The molecule has 1 unspecified atom stereocenters. The highest BCUT2D eigenvalue weighted by atomic mass is 19.1. The van der Waals surface area contributed by atoms with Crippen LogP contribution in [-0.4, -0.2) is 19.0 Å². The summed E-state index contributed by atoms with van der Waals surface area (Å²) in [7, 11) is 1.62. The first-order valence-electron chi connectivity index (χ1n) is 6.90. The van der Waals surface area contributed by atoms with Gasteiger partial charge >= 0.3 is 0 Å². The molecule has 2 N–H and O–H groups in total. The van der Waals surface area contributed by atoms with Crippen molar-refractivity contribution < 1.29 is 9.18 Å². The fraction of sp³-hybridized carbons (Fsp3) is 0.533. The van der Waals surface area contributed by atoms with Crippen LogP contribution in [0, 0.1) is 11.7 Å². The van der Waals surface area contributed by atoms with Gasteiger partial charge in [0.25, 0.3) is 5.91 Å². The van der Waals surface area contributed by atoms with Gasteiger partial charge in [0.1, 0.15) is 5.82 Å². The van der Waals surface area contributed by atoms with E-state index in [2.05, 4.69) is 10.6 Å². The molecule has 4 heteroatoms. The third kappa shape index (κ3) is 3.06. The van der Waals surface area contributed by atoms with E-state index in [-0.39, 0.29) is 17.6 Å². The molecule has 1 aliphatic rings. The Bertz CT molecular complexity index is 455. The second kappa shape index (κ2) is 6.04. The highest BCUT2D eigenvalue weighted by Gasteiger charge is 2.24. The molecule has 3 nitrogen and oxygen atoms in total. The molecule has 0 heterocycles. The minimum atomic E-state index is -0.399. The Kier molecular flexibility index (Phi) is 4.40. The number of para-hydroxylation sites is 1. The van der Waals surface area contributed by atoms with Crippen LogP contribution in [0.2, 0.25) is 0 Å². The van der Waals surface area contributed by atoms with Crippen LogP contribution < -0.4 is 10.6 Å². The zero-order valence-corrected chi connectivity index (χ0v) is 11.5. The van der Waals surface area contributed by atoms with E-state index in [1.54, 1.807) is 19.2 Å². The number of benzene rings is 1. The molecule has 1 aromatic carbocycles. The van der Waals surface area contributed by atoms with E-state index in [1.807, 2.05) is 6.92 Å². The van der Waals surface area contributed by atoms with Crippen LogP contribution in [-0.2, 0) is 0 Å². The van der Waals surface area contributed by atoms with Crippen molar-refractivity contribution in [3.05, 3.63) is 29.6 Å². The molecule has 1 atom stereocenters. The van der Waals surface area contributed by atoms with E-state index in [9.17, 15) is 9.18 Å². The average molecular weight is 264 g/mol. The van der Waals surface area contributed by atoms with Gasteiger partial charge in [0.05, 0.1) is 11.3 Å². The molecule has 0 radical (unpaired) electrons. The summed E-state index contributed by atoms with van der Waals surface area (Å²) >= 11 is 0. The molecular formula is C15H21FN2O. The van der Waals surface area contributed by atoms with Crippen molar-refractivity contribution in [3.8, 4) is 0 Å². The van der Waals surface area contributed by atoms with Crippen molar-refractivity contribution >= 4 is 11.6 Å². The highest BCUT2D eigenvalue weighted by Crippen LogP contribution is 2.28. The lowest BCUT2D eigenvalue weighted by Gasteiger charge is -2.21. The number of hydrogen-bond acceptors (Lipinski definition) is 2. The summed E-state index contributed by atoms with van der Waals surface area (Å²) < 4.78 is 13.6. The summed E-state index contributed by atoms with van der Waals surface area (Å²) in [6.07, 6.45) is 4.83. The number of amides is 1. The number of halogens is 1. The summed E-state index contributed by atoms with van der Waals surface area (Å²) in [6, 6.07) is 4.70. The van der Waals surface area contributed by atoms with Crippen molar-refractivity contribution in [1.29, 1.82) is 0 Å². The van der Waals surface area contributed by atoms with E-state index < -0.39 is 5.82 Å². The Morgan fingerprint density at radius 1 is 1.37 bits per heavy atom. The van der Waals surface area contributed by atoms with Gasteiger partial charge in [-0.2, -0.15) is 0 Å². The van der Waals surface area contributed by atoms with Crippen LogP contribution in [0.3, 0.4) is 0 Å². The Hall–Kier alpha value is -1.58. The Labute approximate surface area is 113 Å². The summed E-state index contributed by atoms with van der Waals surface area (Å²) in [5, 5.41) is 5.75. The number of nitrogens with one attached hydrogen (secondary N) is 2. The molecule has 104 valence electrons. The maximum atomic E-state index is 13.6. The van der Waals surface area contributed by atoms with E-state index in [0.717, 1.165) is 0 Å². The van der Waals surface area contributed by atoms with Gasteiger partial charge in [-0.15, -0.1) is 0 Å². The average Bonchev–Trinajstić information content (AvgIpc) is 2.92. The lowest BCUT2D eigenvalue weighted by Crippen LogP contribution is -2.37. The molecule has 1 fully saturated rings. The Balaban J connectivity index is 2.09. The molecule has 1 amide bonds. The first-order chi connectivity index (χ1) is 9.13. The van der Waals surface area contributed by atoms with E-state index >= 15 is 0 Å². The smallest absolute Gasteiger partial charge is 0.253 e. The van der Waals surface area contributed by atoms with Crippen molar-refractivity contribution in [3.63, 3.8) is 0 Å². The van der Waals surface area contributed by atoms with E-state index in [0.29, 0.717) is 11.5 Å². The summed E-state index contributed by atoms with van der Waals surface area (Å²) in [5.74, 6) is -0.0533. The van der Waals surface area contributed by atoms with Crippen LogP contribution in [0.4, 0.5) is 10.1 Å². The van der Waals surface area contributed by atoms with Gasteiger partial charge in [0, 0.05) is 13.1 Å². The third-order valence-corrected chi connectivity index (χ3v) is 3.97. The number of hydrogen-bond donors (Lipinski definition) is 2. The predicted octanol–water partition coefficient (Wildman–Crippen LogP) is 3.18. The quantitative estimate of drug-likeness (QED) is 0.877. The van der Waals surface area contributed by atoms with E-state index in [4.69, 9.17) is 0 Å². The number of rotatable bonds is 4. The third-order valence-electron chi connectivity index (χ3n) is 3.97. The minimum absolute atomic E-state index is 0.142. The molecule has 19 heavy (non-hydrogen) atoms. The molecule has 0 aliphatic heterocycles. The van der Waals surface area contributed by atoms with Crippen molar-refractivity contribution in [2.24, 2.45) is 5.92 Å². The molecule has 1 aliphatic carbocycles. The van der Waals surface area contributed by atoms with Gasteiger partial charge in [0.15, 0.2) is 0 Å². The second-order valence-corrected chi connectivity index (χ2v) is 5.22. The van der Waals surface area contributed by atoms with E-state index in [1.165, 1.54) is 31.7 Å². The second-order valence-electron chi connectivity index (χ2n) is 5.22. The Morgan fingerprint density at radius 3 is 2.68 bits per heavy atom. The first-order valence-corrected chi connectivity index (χ1v) is 6.90. The molecule has 0 spiro atoms. The first kappa shape index (κ1) is 13.8. The molecule has 2 rings (SSSR count). The molecule has 0 bridgehead atoms. The monoisotopic (exact) mass is 264 g/mol. The topological polar surface area (TPSA) is 41.1 Å². The zero-order chi connectivity index (χ0) is 13.8. The lowest BCUT2D eigenvalue weighted by atomic mass is 9.99. The standard InChI is InChI=1S/C15H21FN2O/c1-10(11-6-3-4-7-11)18-15(19)12-8-5-9-13(16)14(12)17-2/h5,8-11,17H,3-4,6-7H2,1-2H3,(H,18,19). The van der Waals surface area contributed by atoms with Crippen LogP contribution in [0.5, 0.6) is 0 Å². The van der Waals surface area contributed by atoms with Gasteiger partial charge in [-0.1, -0.05) is 18.9 Å². The maximum Gasteiger partial charge on any atom is 0.253 e. The largest absolute Gasteiger partial charge is 0.385 e. The maximum absolute atomic E-state index is 13.6. The van der Waals surface area contributed by atoms with Crippen LogP contribution >= 0.6 is 0 Å². The number of carbonyl (C=O) groups is 1. The number of carbonyl (C=O) groups excluding carboxylic acids is 1. The summed E-state index contributed by atoms with van der Waals surface area (Å²) in [4.78, 5) is 12.2. The molecular weight excluding hydrogens is 243 g/mol. The summed E-state index contributed by atoms with van der Waals surface area (Å²) in [6.45, 7) is 2.03. The van der Waals surface area contributed by atoms with Gasteiger partial charge in [-0.05, 0) is 37.8 Å². The normalized spacial score (nSPS) is 17.2. The lowest BCUT2D eigenvalue weighted by molar-refractivity contribution is 0.0927. The summed E-state index contributed by atoms with van der Waals surface area (Å²) in [5.41, 5.74) is 0.631. The van der Waals surface area contributed by atoms with Gasteiger partial charge in [-0.25, -0.2) is 4.39 Å². The van der Waals surface area contributed by atoms with Gasteiger partial charge in [0.2, 0.25) is 0 Å². The highest BCUT2D eigenvalue weighted by molar-refractivity contribution is 5.99. The van der Waals surface area contributed by atoms with Crippen molar-refractivity contribution in [1.82, 2.24) is 5.32 Å². The van der Waals surface area contributed by atoms with Gasteiger partial charge in [-0.3, -0.25) is 4.79 Å². The zero-order valence-electron chi connectivity index (χ0n) is 11.5. The fourth-order valence-corrected chi connectivity index (χ4v) is 2.83. The molecule has 0 saturated heterocycles. The van der Waals surface area contributed by atoms with Crippen LogP contribution in [0.15, 0.2) is 18.2 Å². The fourth-order valence-electron chi connectivity index (χ4n) is 2.83. The number of anilines is 1. The Morgan fingerprint density at radius 2 is 2.05 bits per heavy atom. The molecule has 1 saturated carbocycles. The predicted molar refractivity (Wildman–Crippen MR) is 74.8 cm³/mol. The van der Waals surface area contributed by atoms with Crippen molar-refractivity contribution in [2.45, 2.75) is 38.6 Å². The molecule has 0 aromatic heterocycles. The SMILES string of the molecule is CNc1c(F)cccc1C(=O)NC(C)C1CCCC1. The minimum Gasteiger partial charge on any atom is -0.385 e. The van der Waals surface area contributed by atoms with Crippen LogP contribution in [0.25, 0.3) is 0 Å².